The second-order valence-electron chi connectivity index (χ2n) is 5.56. The maximum Gasteiger partial charge on any atom is 0.209 e. The zero-order valence-corrected chi connectivity index (χ0v) is 15.9. The molecule has 0 aliphatic rings. The average Bonchev–Trinajstić information content (AvgIpc) is 3.11. The number of thioether (sulfide) groups is 1. The SMILES string of the molecule is COc1ccc(Cl)cc1-c1nc(SC(C)C(=O)c2cc(F)ccc2F)n[nH]1. The van der Waals surface area contributed by atoms with Gasteiger partial charge >= 0.3 is 0 Å². The van der Waals surface area contributed by atoms with Crippen LogP contribution in [0, 0.1) is 11.6 Å². The van der Waals surface area contributed by atoms with Crippen molar-refractivity contribution in [1.82, 2.24) is 15.2 Å². The molecular weight excluding hydrogens is 396 g/mol. The maximum absolute atomic E-state index is 13.8. The summed E-state index contributed by atoms with van der Waals surface area (Å²) in [6, 6.07) is 7.83. The molecule has 27 heavy (non-hydrogen) atoms. The fourth-order valence-corrected chi connectivity index (χ4v) is 3.37. The predicted octanol–water partition coefficient (Wildman–Crippen LogP) is 4.78. The molecule has 1 atom stereocenters. The van der Waals surface area contributed by atoms with E-state index in [4.69, 9.17) is 16.3 Å². The zero-order valence-electron chi connectivity index (χ0n) is 14.3. The second-order valence-corrected chi connectivity index (χ2v) is 7.30. The van der Waals surface area contributed by atoms with E-state index in [0.29, 0.717) is 22.2 Å². The molecule has 140 valence electrons. The van der Waals surface area contributed by atoms with Crippen LogP contribution in [0.25, 0.3) is 11.4 Å². The average molecular weight is 410 g/mol. The third-order valence-corrected chi connectivity index (χ3v) is 4.92. The van der Waals surface area contributed by atoms with Crippen LogP contribution in [0.4, 0.5) is 8.78 Å². The summed E-state index contributed by atoms with van der Waals surface area (Å²) in [7, 11) is 1.52. The fraction of sp³-hybridized carbons (Fsp3) is 0.167. The largest absolute Gasteiger partial charge is 0.496 e. The number of ether oxygens (including phenoxy) is 1. The van der Waals surface area contributed by atoms with Crippen LogP contribution in [0.3, 0.4) is 0 Å². The Labute approximate surface area is 163 Å². The lowest BCUT2D eigenvalue weighted by atomic mass is 10.1. The quantitative estimate of drug-likeness (QED) is 0.469. The monoisotopic (exact) mass is 409 g/mol. The van der Waals surface area contributed by atoms with E-state index in [1.807, 2.05) is 0 Å². The number of carbonyl (C=O) groups is 1. The number of aromatic amines is 1. The Kier molecular flexibility index (Phi) is 5.76. The number of aromatic nitrogens is 3. The lowest BCUT2D eigenvalue weighted by Crippen LogP contribution is -2.15. The lowest BCUT2D eigenvalue weighted by molar-refractivity contribution is 0.0989. The lowest BCUT2D eigenvalue weighted by Gasteiger charge is -2.08. The first kappa shape index (κ1) is 19.3. The molecular formula is C18H14ClF2N3O2S. The Balaban J connectivity index is 1.80. The molecule has 0 amide bonds. The summed E-state index contributed by atoms with van der Waals surface area (Å²) >= 11 is 7.05. The third-order valence-electron chi connectivity index (χ3n) is 3.73. The number of carbonyl (C=O) groups excluding carboxylic acids is 1. The van der Waals surface area contributed by atoms with E-state index in [1.54, 1.807) is 25.1 Å². The van der Waals surface area contributed by atoms with E-state index < -0.39 is 22.7 Å². The fourth-order valence-electron chi connectivity index (χ4n) is 2.40. The molecule has 1 N–H and O–H groups in total. The molecule has 0 saturated heterocycles. The Morgan fingerprint density at radius 2 is 2.04 bits per heavy atom. The van der Waals surface area contributed by atoms with Crippen LogP contribution < -0.4 is 4.74 Å². The van der Waals surface area contributed by atoms with Crippen LogP contribution in [0.5, 0.6) is 5.75 Å². The molecule has 5 nitrogen and oxygen atoms in total. The van der Waals surface area contributed by atoms with Crippen molar-refractivity contribution in [2.45, 2.75) is 17.3 Å². The van der Waals surface area contributed by atoms with Gasteiger partial charge in [-0.15, -0.1) is 5.10 Å². The summed E-state index contributed by atoms with van der Waals surface area (Å²) < 4.78 is 32.4. The molecule has 3 rings (SSSR count). The number of methoxy groups -OCH3 is 1. The van der Waals surface area contributed by atoms with Crippen molar-refractivity contribution < 1.29 is 18.3 Å². The molecule has 0 aliphatic heterocycles. The summed E-state index contributed by atoms with van der Waals surface area (Å²) in [5, 5.41) is 6.89. The molecule has 0 saturated carbocycles. The smallest absolute Gasteiger partial charge is 0.209 e. The number of hydrogen-bond donors (Lipinski definition) is 1. The van der Waals surface area contributed by atoms with E-state index in [9.17, 15) is 13.6 Å². The highest BCUT2D eigenvalue weighted by Crippen LogP contribution is 2.32. The number of H-pyrrole nitrogens is 1. The number of ketones is 1. The van der Waals surface area contributed by atoms with Gasteiger partial charge in [0.25, 0.3) is 0 Å². The van der Waals surface area contributed by atoms with Crippen molar-refractivity contribution in [1.29, 1.82) is 0 Å². The highest BCUT2D eigenvalue weighted by molar-refractivity contribution is 8.00. The first-order valence-electron chi connectivity index (χ1n) is 7.81. The molecule has 0 radical (unpaired) electrons. The van der Waals surface area contributed by atoms with Gasteiger partial charge in [-0.1, -0.05) is 23.4 Å². The van der Waals surface area contributed by atoms with Crippen molar-refractivity contribution in [2.24, 2.45) is 0 Å². The van der Waals surface area contributed by atoms with Crippen LogP contribution in [0.2, 0.25) is 5.02 Å². The van der Waals surface area contributed by atoms with Gasteiger partial charge in [0.2, 0.25) is 5.16 Å². The van der Waals surface area contributed by atoms with Gasteiger partial charge in [0.15, 0.2) is 11.6 Å². The van der Waals surface area contributed by atoms with Crippen LogP contribution in [-0.2, 0) is 0 Å². The third kappa shape index (κ3) is 4.28. The normalized spacial score (nSPS) is 12.0. The molecule has 0 aliphatic carbocycles. The van der Waals surface area contributed by atoms with E-state index in [0.717, 1.165) is 30.0 Å². The standard InChI is InChI=1S/C18H14ClF2N3O2S/c1-9(16(25)12-8-11(20)4-5-14(12)21)27-18-22-17(23-24-18)13-7-10(19)3-6-15(13)26-2/h3-9H,1-2H3,(H,22,23,24). The summed E-state index contributed by atoms with van der Waals surface area (Å²) in [6.07, 6.45) is 0. The van der Waals surface area contributed by atoms with E-state index >= 15 is 0 Å². The highest BCUT2D eigenvalue weighted by atomic mass is 35.5. The van der Waals surface area contributed by atoms with Gasteiger partial charge < -0.3 is 4.74 Å². The summed E-state index contributed by atoms with van der Waals surface area (Å²) in [4.78, 5) is 16.7. The number of hydrogen-bond acceptors (Lipinski definition) is 5. The maximum atomic E-state index is 13.8. The van der Waals surface area contributed by atoms with Gasteiger partial charge in [-0.2, -0.15) is 0 Å². The number of nitrogens with zero attached hydrogens (tertiary/aromatic N) is 2. The van der Waals surface area contributed by atoms with Gasteiger partial charge in [-0.3, -0.25) is 9.89 Å². The topological polar surface area (TPSA) is 67.9 Å². The van der Waals surface area contributed by atoms with Crippen LogP contribution in [-0.4, -0.2) is 33.3 Å². The molecule has 1 heterocycles. The molecule has 0 bridgehead atoms. The van der Waals surface area contributed by atoms with E-state index in [1.165, 1.54) is 7.11 Å². The van der Waals surface area contributed by atoms with Gasteiger partial charge in [0, 0.05) is 5.02 Å². The first-order valence-corrected chi connectivity index (χ1v) is 9.07. The van der Waals surface area contributed by atoms with Crippen molar-refractivity contribution in [3.8, 4) is 17.1 Å². The van der Waals surface area contributed by atoms with Crippen molar-refractivity contribution in [3.05, 3.63) is 58.6 Å². The van der Waals surface area contributed by atoms with Crippen LogP contribution in [0.1, 0.15) is 17.3 Å². The molecule has 1 aromatic heterocycles. The Morgan fingerprint density at radius 3 is 2.78 bits per heavy atom. The number of halogens is 3. The molecule has 3 aromatic rings. The number of Topliss-reactive ketones (excluding diaryl/α,β-unsaturated/α-hetero) is 1. The Hall–Kier alpha value is -2.45. The van der Waals surface area contributed by atoms with E-state index in [-0.39, 0.29) is 10.7 Å². The second kappa shape index (κ2) is 8.06. The van der Waals surface area contributed by atoms with Gasteiger partial charge in [0.1, 0.15) is 17.4 Å². The zero-order chi connectivity index (χ0) is 19.6. The molecule has 0 spiro atoms. The summed E-state index contributed by atoms with van der Waals surface area (Å²) in [5.74, 6) is -1.03. The minimum absolute atomic E-state index is 0.282. The Bertz CT molecular complexity index is 996. The molecule has 9 heteroatoms. The van der Waals surface area contributed by atoms with Gasteiger partial charge in [0.05, 0.1) is 23.5 Å². The molecule has 0 fully saturated rings. The van der Waals surface area contributed by atoms with Crippen LogP contribution >= 0.6 is 23.4 Å². The van der Waals surface area contributed by atoms with Gasteiger partial charge in [-0.25, -0.2) is 13.8 Å². The van der Waals surface area contributed by atoms with Gasteiger partial charge in [-0.05, 0) is 43.3 Å². The summed E-state index contributed by atoms with van der Waals surface area (Å²) in [5.41, 5.74) is 0.307. The highest BCUT2D eigenvalue weighted by Gasteiger charge is 2.22. The van der Waals surface area contributed by atoms with Crippen LogP contribution in [0.15, 0.2) is 41.6 Å². The van der Waals surface area contributed by atoms with Crippen molar-refractivity contribution >= 4 is 29.1 Å². The van der Waals surface area contributed by atoms with E-state index in [2.05, 4.69) is 15.2 Å². The minimum atomic E-state index is -0.770. The number of nitrogens with one attached hydrogen (secondary N) is 1. The number of rotatable bonds is 6. The predicted molar refractivity (Wildman–Crippen MR) is 99.4 cm³/mol. The van der Waals surface area contributed by atoms with Crippen molar-refractivity contribution in [3.63, 3.8) is 0 Å². The minimum Gasteiger partial charge on any atom is -0.496 e. The molecule has 1 unspecified atom stereocenters. The molecule has 2 aromatic carbocycles. The Morgan fingerprint density at radius 1 is 1.26 bits per heavy atom. The van der Waals surface area contributed by atoms with Crippen molar-refractivity contribution in [2.75, 3.05) is 7.11 Å². The summed E-state index contributed by atoms with van der Waals surface area (Å²) in [6.45, 7) is 1.58. The first-order chi connectivity index (χ1) is 12.9. The number of benzene rings is 2.